The Labute approximate surface area is 192 Å². The fourth-order valence-electron chi connectivity index (χ4n) is 3.93. The fourth-order valence-corrected chi connectivity index (χ4v) is 5.12. The van der Waals surface area contributed by atoms with Crippen LogP contribution in [0.2, 0.25) is 0 Å². The van der Waals surface area contributed by atoms with Crippen LogP contribution in [0.4, 0.5) is 5.00 Å². The molecule has 2 aromatic carbocycles. The molecule has 0 saturated carbocycles. The minimum Gasteiger partial charge on any atom is -0.493 e. The summed E-state index contributed by atoms with van der Waals surface area (Å²) in [6.07, 6.45) is 2.60. The monoisotopic (exact) mass is 447 g/mol. The number of thiophene rings is 1. The van der Waals surface area contributed by atoms with E-state index in [1.165, 1.54) is 10.4 Å². The van der Waals surface area contributed by atoms with Crippen LogP contribution in [-0.2, 0) is 19.5 Å². The van der Waals surface area contributed by atoms with E-state index in [-0.39, 0.29) is 0 Å². The van der Waals surface area contributed by atoms with E-state index in [1.807, 2.05) is 18.2 Å². The van der Waals surface area contributed by atoms with Gasteiger partial charge in [-0.3, -0.25) is 4.90 Å². The molecule has 3 aromatic rings. The van der Waals surface area contributed by atoms with E-state index in [1.54, 1.807) is 38.9 Å². The Morgan fingerprint density at radius 1 is 1.09 bits per heavy atom. The summed E-state index contributed by atoms with van der Waals surface area (Å²) in [5, 5.41) is 10.6. The second kappa shape index (κ2) is 9.86. The van der Waals surface area contributed by atoms with Gasteiger partial charge in [0.1, 0.15) is 11.1 Å². The lowest BCUT2D eigenvalue weighted by molar-refractivity contribution is 0.249. The van der Waals surface area contributed by atoms with E-state index in [4.69, 9.17) is 14.2 Å². The van der Waals surface area contributed by atoms with Crippen LogP contribution >= 0.6 is 11.3 Å². The number of hydrogen-bond acceptors (Lipinski definition) is 7. The standard InChI is InChI=1S/C25H25N3O3S/c1-29-21-11-18(12-22(30-2)24(21)31-3)14-27-25-20(13-26)19-9-10-28(16-23(19)32-25)15-17-7-5-4-6-8-17/h4-8,11-12,14H,9-10,15-16H2,1-3H3. The average molecular weight is 448 g/mol. The van der Waals surface area contributed by atoms with Gasteiger partial charge in [0.2, 0.25) is 5.75 Å². The predicted molar refractivity (Wildman–Crippen MR) is 127 cm³/mol. The summed E-state index contributed by atoms with van der Waals surface area (Å²) < 4.78 is 16.2. The van der Waals surface area contributed by atoms with Crippen molar-refractivity contribution in [2.75, 3.05) is 27.9 Å². The molecule has 0 N–H and O–H groups in total. The molecule has 1 aliphatic rings. The Balaban J connectivity index is 1.58. The number of benzene rings is 2. The van der Waals surface area contributed by atoms with Crippen LogP contribution in [0.1, 0.15) is 27.1 Å². The van der Waals surface area contributed by atoms with Crippen molar-refractivity contribution in [2.45, 2.75) is 19.5 Å². The Morgan fingerprint density at radius 3 is 2.44 bits per heavy atom. The zero-order chi connectivity index (χ0) is 22.5. The van der Waals surface area contributed by atoms with E-state index in [2.05, 4.69) is 40.2 Å². The molecule has 0 atom stereocenters. The first-order valence-electron chi connectivity index (χ1n) is 10.3. The zero-order valence-corrected chi connectivity index (χ0v) is 19.2. The van der Waals surface area contributed by atoms with Crippen LogP contribution in [0.3, 0.4) is 0 Å². The Bertz CT molecular complexity index is 1140. The van der Waals surface area contributed by atoms with Gasteiger partial charge in [-0.1, -0.05) is 30.3 Å². The topological polar surface area (TPSA) is 67.1 Å². The van der Waals surface area contributed by atoms with Crippen LogP contribution < -0.4 is 14.2 Å². The van der Waals surface area contributed by atoms with E-state index >= 15 is 0 Å². The van der Waals surface area contributed by atoms with E-state index in [0.717, 1.165) is 42.2 Å². The molecular formula is C25H25N3O3S. The molecule has 6 nitrogen and oxygen atoms in total. The molecule has 4 rings (SSSR count). The highest BCUT2D eigenvalue weighted by atomic mass is 32.1. The Hall–Kier alpha value is -3.34. The molecule has 0 radical (unpaired) electrons. The van der Waals surface area contributed by atoms with Crippen molar-refractivity contribution < 1.29 is 14.2 Å². The fraction of sp³-hybridized carbons (Fsp3) is 0.280. The number of nitriles is 1. The first kappa shape index (κ1) is 21.9. The number of nitrogens with zero attached hydrogens (tertiary/aromatic N) is 3. The number of aliphatic imine (C=N–C) groups is 1. The molecule has 0 amide bonds. The van der Waals surface area contributed by atoms with Crippen LogP contribution in [0.15, 0.2) is 47.5 Å². The summed E-state index contributed by atoms with van der Waals surface area (Å²) in [6.45, 7) is 2.68. The van der Waals surface area contributed by atoms with Gasteiger partial charge in [0, 0.05) is 36.3 Å². The van der Waals surface area contributed by atoms with Gasteiger partial charge < -0.3 is 14.2 Å². The smallest absolute Gasteiger partial charge is 0.203 e. The first-order valence-corrected chi connectivity index (χ1v) is 11.1. The van der Waals surface area contributed by atoms with E-state index in [9.17, 15) is 5.26 Å². The molecule has 2 heterocycles. The molecule has 164 valence electrons. The van der Waals surface area contributed by atoms with Crippen molar-refractivity contribution in [3.63, 3.8) is 0 Å². The van der Waals surface area contributed by atoms with Gasteiger partial charge in [0.05, 0.1) is 26.9 Å². The van der Waals surface area contributed by atoms with Crippen molar-refractivity contribution in [2.24, 2.45) is 4.99 Å². The summed E-state index contributed by atoms with van der Waals surface area (Å²) in [4.78, 5) is 8.31. The molecule has 0 unspecified atom stereocenters. The summed E-state index contributed by atoms with van der Waals surface area (Å²) in [6, 6.07) is 16.5. The highest BCUT2D eigenvalue weighted by Gasteiger charge is 2.24. The van der Waals surface area contributed by atoms with E-state index in [0.29, 0.717) is 22.8 Å². The van der Waals surface area contributed by atoms with Crippen LogP contribution in [0.25, 0.3) is 0 Å². The maximum atomic E-state index is 9.81. The third kappa shape index (κ3) is 4.47. The lowest BCUT2D eigenvalue weighted by Gasteiger charge is -2.26. The average Bonchev–Trinajstić information content (AvgIpc) is 3.19. The molecule has 0 saturated heterocycles. The molecule has 1 aromatic heterocycles. The lowest BCUT2D eigenvalue weighted by atomic mass is 10.0. The quantitative estimate of drug-likeness (QED) is 0.479. The molecular weight excluding hydrogens is 422 g/mol. The van der Waals surface area contributed by atoms with Gasteiger partial charge in [-0.05, 0) is 29.7 Å². The number of fused-ring (bicyclic) bond motifs is 1. The summed E-state index contributed by atoms with van der Waals surface area (Å²) in [5.74, 6) is 1.67. The molecule has 0 spiro atoms. The van der Waals surface area contributed by atoms with Crippen LogP contribution in [-0.4, -0.2) is 39.0 Å². The van der Waals surface area contributed by atoms with Crippen molar-refractivity contribution in [1.82, 2.24) is 4.90 Å². The number of hydrogen-bond donors (Lipinski definition) is 0. The number of ether oxygens (including phenoxy) is 3. The number of methoxy groups -OCH3 is 3. The minimum absolute atomic E-state index is 0.537. The minimum atomic E-state index is 0.537. The predicted octanol–water partition coefficient (Wildman–Crippen LogP) is 4.95. The second-order valence-corrected chi connectivity index (χ2v) is 8.54. The SMILES string of the molecule is COc1cc(C=Nc2sc3c(c2C#N)CCN(Cc2ccccc2)C3)cc(OC)c1OC. The van der Waals surface area contributed by atoms with Crippen molar-refractivity contribution in [3.05, 3.63) is 69.6 Å². The van der Waals surface area contributed by atoms with Gasteiger partial charge in [-0.15, -0.1) is 11.3 Å². The highest BCUT2D eigenvalue weighted by molar-refractivity contribution is 7.16. The van der Waals surface area contributed by atoms with Gasteiger partial charge in [-0.2, -0.15) is 5.26 Å². The van der Waals surface area contributed by atoms with Gasteiger partial charge in [0.15, 0.2) is 11.5 Å². The largest absolute Gasteiger partial charge is 0.493 e. The molecule has 0 aliphatic carbocycles. The summed E-state index contributed by atoms with van der Waals surface area (Å²) in [5.41, 5.74) is 3.93. The van der Waals surface area contributed by atoms with Crippen LogP contribution in [0.5, 0.6) is 17.2 Å². The molecule has 0 fully saturated rings. The first-order chi connectivity index (χ1) is 15.7. The maximum Gasteiger partial charge on any atom is 0.203 e. The van der Waals surface area contributed by atoms with Crippen molar-refractivity contribution in [1.29, 1.82) is 5.26 Å². The Morgan fingerprint density at radius 2 is 1.81 bits per heavy atom. The summed E-state index contributed by atoms with van der Waals surface area (Å²) in [7, 11) is 4.74. The normalized spacial score (nSPS) is 13.6. The molecule has 1 aliphatic heterocycles. The van der Waals surface area contributed by atoms with Gasteiger partial charge in [-0.25, -0.2) is 4.99 Å². The Kier molecular flexibility index (Phi) is 6.74. The molecule has 0 bridgehead atoms. The van der Waals surface area contributed by atoms with Gasteiger partial charge in [0.25, 0.3) is 0 Å². The summed E-state index contributed by atoms with van der Waals surface area (Å²) >= 11 is 1.60. The highest BCUT2D eigenvalue weighted by Crippen LogP contribution is 2.40. The second-order valence-electron chi connectivity index (χ2n) is 7.46. The van der Waals surface area contributed by atoms with Crippen molar-refractivity contribution >= 4 is 22.6 Å². The third-order valence-electron chi connectivity index (χ3n) is 5.50. The molecule has 32 heavy (non-hydrogen) atoms. The molecule has 7 heteroatoms. The third-order valence-corrected chi connectivity index (χ3v) is 6.62. The maximum absolute atomic E-state index is 9.81. The zero-order valence-electron chi connectivity index (χ0n) is 18.4. The van der Waals surface area contributed by atoms with Crippen molar-refractivity contribution in [3.8, 4) is 23.3 Å². The van der Waals surface area contributed by atoms with Crippen LogP contribution in [0, 0.1) is 11.3 Å². The number of rotatable bonds is 7. The van der Waals surface area contributed by atoms with E-state index < -0.39 is 0 Å². The lowest BCUT2D eigenvalue weighted by Crippen LogP contribution is -2.29. The van der Waals surface area contributed by atoms with Gasteiger partial charge >= 0.3 is 0 Å².